The van der Waals surface area contributed by atoms with Gasteiger partial charge in [0.15, 0.2) is 0 Å². The highest BCUT2D eigenvalue weighted by molar-refractivity contribution is 5.33. The van der Waals surface area contributed by atoms with Gasteiger partial charge in [0.2, 0.25) is 0 Å². The zero-order chi connectivity index (χ0) is 12.6. The van der Waals surface area contributed by atoms with Crippen LogP contribution < -0.4 is 5.73 Å². The Hall–Kier alpha value is -0.820. The van der Waals surface area contributed by atoms with Crippen LogP contribution in [0.2, 0.25) is 0 Å². The van der Waals surface area contributed by atoms with E-state index in [1.54, 1.807) is 0 Å². The molecule has 0 aliphatic heterocycles. The van der Waals surface area contributed by atoms with Gasteiger partial charge in [0, 0.05) is 12.0 Å². The van der Waals surface area contributed by atoms with E-state index < -0.39 is 0 Å². The first-order valence-corrected chi connectivity index (χ1v) is 7.45. The number of aryl methyl sites for hydroxylation is 1. The number of hydrogen-bond acceptors (Lipinski definition) is 1. The van der Waals surface area contributed by atoms with Gasteiger partial charge in [-0.25, -0.2) is 0 Å². The van der Waals surface area contributed by atoms with Crippen LogP contribution >= 0.6 is 0 Å². The van der Waals surface area contributed by atoms with Gasteiger partial charge in [-0.2, -0.15) is 0 Å². The molecule has 18 heavy (non-hydrogen) atoms. The van der Waals surface area contributed by atoms with Crippen LogP contribution in [0, 0.1) is 12.3 Å². The van der Waals surface area contributed by atoms with Crippen LogP contribution in [-0.2, 0) is 5.41 Å². The summed E-state index contributed by atoms with van der Waals surface area (Å²) in [6, 6.07) is 9.08. The van der Waals surface area contributed by atoms with Gasteiger partial charge >= 0.3 is 0 Å². The summed E-state index contributed by atoms with van der Waals surface area (Å²) in [6.07, 6.45) is 9.88. The molecule has 1 aromatic rings. The Bertz CT molecular complexity index is 404. The third kappa shape index (κ3) is 1.89. The summed E-state index contributed by atoms with van der Waals surface area (Å²) >= 11 is 0. The fraction of sp³-hybridized carbons (Fsp3) is 0.647. The first-order chi connectivity index (χ1) is 8.68. The third-order valence-electron chi connectivity index (χ3n) is 5.40. The van der Waals surface area contributed by atoms with E-state index in [1.165, 1.54) is 56.1 Å². The number of benzene rings is 1. The Balaban J connectivity index is 1.79. The van der Waals surface area contributed by atoms with E-state index in [0.29, 0.717) is 10.8 Å². The van der Waals surface area contributed by atoms with Crippen molar-refractivity contribution >= 4 is 0 Å². The predicted octanol–water partition coefficient (Wildman–Crippen LogP) is 3.94. The van der Waals surface area contributed by atoms with Gasteiger partial charge in [-0.05, 0) is 43.6 Å². The summed E-state index contributed by atoms with van der Waals surface area (Å²) in [5.74, 6) is 0. The molecule has 0 heterocycles. The van der Waals surface area contributed by atoms with Gasteiger partial charge in [0.25, 0.3) is 0 Å². The summed E-state index contributed by atoms with van der Waals surface area (Å²) in [4.78, 5) is 0. The summed E-state index contributed by atoms with van der Waals surface area (Å²) in [6.45, 7) is 2.97. The maximum atomic E-state index is 6.13. The molecule has 2 N–H and O–H groups in total. The Morgan fingerprint density at radius 2 is 1.61 bits per heavy atom. The summed E-state index contributed by atoms with van der Waals surface area (Å²) in [5.41, 5.74) is 9.90. The van der Waals surface area contributed by atoms with E-state index in [-0.39, 0.29) is 0 Å². The van der Waals surface area contributed by atoms with Crippen LogP contribution in [0.4, 0.5) is 0 Å². The number of nitrogens with two attached hydrogens (primary N) is 1. The van der Waals surface area contributed by atoms with Crippen LogP contribution in [-0.4, -0.2) is 6.54 Å². The van der Waals surface area contributed by atoms with Crippen molar-refractivity contribution in [2.45, 2.75) is 57.3 Å². The fourth-order valence-electron chi connectivity index (χ4n) is 4.41. The minimum Gasteiger partial charge on any atom is -0.330 e. The van der Waals surface area contributed by atoms with Gasteiger partial charge in [-0.1, -0.05) is 49.1 Å². The Morgan fingerprint density at radius 1 is 1.00 bits per heavy atom. The molecule has 98 valence electrons. The Morgan fingerprint density at radius 3 is 2.17 bits per heavy atom. The molecule has 2 saturated carbocycles. The molecular formula is C17H25N. The molecule has 0 amide bonds. The van der Waals surface area contributed by atoms with E-state index in [4.69, 9.17) is 5.73 Å². The minimum atomic E-state index is 0.297. The van der Waals surface area contributed by atoms with Crippen LogP contribution in [0.1, 0.15) is 56.1 Å². The average molecular weight is 243 g/mol. The van der Waals surface area contributed by atoms with E-state index >= 15 is 0 Å². The zero-order valence-corrected chi connectivity index (χ0v) is 11.5. The van der Waals surface area contributed by atoms with Crippen LogP contribution in [0.5, 0.6) is 0 Å². The Kier molecular flexibility index (Phi) is 2.97. The molecular weight excluding hydrogens is 218 g/mol. The van der Waals surface area contributed by atoms with Crippen LogP contribution in [0.25, 0.3) is 0 Å². The molecule has 0 bridgehead atoms. The van der Waals surface area contributed by atoms with Gasteiger partial charge in [-0.3, -0.25) is 0 Å². The highest BCUT2D eigenvalue weighted by Crippen LogP contribution is 2.61. The molecule has 0 unspecified atom stereocenters. The van der Waals surface area contributed by atoms with E-state index in [9.17, 15) is 0 Å². The zero-order valence-electron chi connectivity index (χ0n) is 11.5. The monoisotopic (exact) mass is 243 g/mol. The maximum absolute atomic E-state index is 6.13. The van der Waals surface area contributed by atoms with Crippen molar-refractivity contribution in [1.29, 1.82) is 0 Å². The van der Waals surface area contributed by atoms with Crippen LogP contribution in [0.15, 0.2) is 24.3 Å². The molecule has 1 spiro atoms. The minimum absolute atomic E-state index is 0.297. The standard InChI is InChI=1S/C17H25N/c1-14-5-7-15(8-6-14)17(13-18)11-16(12-17)9-3-2-4-10-16/h5-8H,2-4,9-13,18H2,1H3. The molecule has 1 heteroatoms. The maximum Gasteiger partial charge on any atom is 0.00861 e. The lowest BCUT2D eigenvalue weighted by atomic mass is 9.46. The fourth-order valence-corrected chi connectivity index (χ4v) is 4.41. The van der Waals surface area contributed by atoms with Crippen LogP contribution in [0.3, 0.4) is 0 Å². The van der Waals surface area contributed by atoms with Crippen molar-refractivity contribution in [3.63, 3.8) is 0 Å². The number of hydrogen-bond donors (Lipinski definition) is 1. The third-order valence-corrected chi connectivity index (χ3v) is 5.40. The van der Waals surface area contributed by atoms with Crippen molar-refractivity contribution in [2.24, 2.45) is 11.1 Å². The molecule has 1 nitrogen and oxygen atoms in total. The molecule has 1 aromatic carbocycles. The average Bonchev–Trinajstić information content (AvgIpc) is 2.37. The van der Waals surface area contributed by atoms with Gasteiger partial charge in [-0.15, -0.1) is 0 Å². The van der Waals surface area contributed by atoms with Gasteiger partial charge < -0.3 is 5.73 Å². The van der Waals surface area contributed by atoms with E-state index in [2.05, 4.69) is 31.2 Å². The van der Waals surface area contributed by atoms with Crippen molar-refractivity contribution < 1.29 is 0 Å². The smallest absolute Gasteiger partial charge is 0.00861 e. The first kappa shape index (κ1) is 12.2. The van der Waals surface area contributed by atoms with Crippen molar-refractivity contribution in [3.8, 4) is 0 Å². The topological polar surface area (TPSA) is 26.0 Å². The molecule has 2 aliphatic carbocycles. The second-order valence-electron chi connectivity index (χ2n) is 6.76. The highest BCUT2D eigenvalue weighted by atomic mass is 14.7. The normalized spacial score (nSPS) is 24.8. The van der Waals surface area contributed by atoms with Crippen molar-refractivity contribution in [2.75, 3.05) is 6.54 Å². The molecule has 2 aliphatic rings. The summed E-state index contributed by atoms with van der Waals surface area (Å²) in [7, 11) is 0. The molecule has 0 atom stereocenters. The summed E-state index contributed by atoms with van der Waals surface area (Å²) in [5, 5.41) is 0. The Labute approximate surface area is 111 Å². The SMILES string of the molecule is Cc1ccc(C2(CN)CC3(CCCCC3)C2)cc1. The summed E-state index contributed by atoms with van der Waals surface area (Å²) < 4.78 is 0. The van der Waals surface area contributed by atoms with E-state index in [0.717, 1.165) is 6.54 Å². The lowest BCUT2D eigenvalue weighted by molar-refractivity contribution is -0.00834. The molecule has 0 radical (unpaired) electrons. The predicted molar refractivity (Wildman–Crippen MR) is 76.7 cm³/mol. The van der Waals surface area contributed by atoms with E-state index in [1.807, 2.05) is 0 Å². The van der Waals surface area contributed by atoms with Crippen molar-refractivity contribution in [3.05, 3.63) is 35.4 Å². The molecule has 2 fully saturated rings. The largest absolute Gasteiger partial charge is 0.330 e. The molecule has 0 aromatic heterocycles. The first-order valence-electron chi connectivity index (χ1n) is 7.45. The lowest BCUT2D eigenvalue weighted by Crippen LogP contribution is -2.54. The van der Waals surface area contributed by atoms with Gasteiger partial charge in [0.05, 0.1) is 0 Å². The lowest BCUT2D eigenvalue weighted by Gasteiger charge is -2.58. The molecule has 0 saturated heterocycles. The van der Waals surface area contributed by atoms with Gasteiger partial charge in [0.1, 0.15) is 0 Å². The number of rotatable bonds is 2. The quantitative estimate of drug-likeness (QED) is 0.836. The highest BCUT2D eigenvalue weighted by Gasteiger charge is 2.54. The van der Waals surface area contributed by atoms with Crippen molar-refractivity contribution in [1.82, 2.24) is 0 Å². The second-order valence-corrected chi connectivity index (χ2v) is 6.76. The second kappa shape index (κ2) is 4.38. The molecule has 3 rings (SSSR count).